The summed E-state index contributed by atoms with van der Waals surface area (Å²) in [6, 6.07) is 8.36. The van der Waals surface area contributed by atoms with Crippen LogP contribution in [-0.4, -0.2) is 59.5 Å². The van der Waals surface area contributed by atoms with Gasteiger partial charge in [0.25, 0.3) is 0 Å². The highest BCUT2D eigenvalue weighted by Crippen LogP contribution is 2.22. The van der Waals surface area contributed by atoms with Gasteiger partial charge >= 0.3 is 0 Å². The van der Waals surface area contributed by atoms with Crippen molar-refractivity contribution in [1.29, 1.82) is 0 Å². The molecule has 2 heterocycles. The summed E-state index contributed by atoms with van der Waals surface area (Å²) < 4.78 is 28.6. The second-order valence-electron chi connectivity index (χ2n) is 7.24. The van der Waals surface area contributed by atoms with Crippen molar-refractivity contribution in [2.45, 2.75) is 38.1 Å². The maximum absolute atomic E-state index is 12.7. The number of piperazine rings is 1. The molecule has 1 aliphatic heterocycles. The minimum atomic E-state index is -3.53. The van der Waals surface area contributed by atoms with Gasteiger partial charge in [0.15, 0.2) is 0 Å². The number of amides is 1. The third-order valence-corrected chi connectivity index (χ3v) is 7.47. The average Bonchev–Trinajstić information content (AvgIpc) is 3.03. The highest BCUT2D eigenvalue weighted by Gasteiger charge is 2.29. The number of sulfonamides is 1. The maximum atomic E-state index is 12.7. The van der Waals surface area contributed by atoms with Crippen LogP contribution in [0.15, 0.2) is 41.3 Å². The monoisotopic (exact) mass is 450 g/mol. The maximum Gasteiger partial charge on any atom is 0.246 e. The van der Waals surface area contributed by atoms with E-state index in [1.54, 1.807) is 46.0 Å². The molecular weight excluding hydrogens is 424 g/mol. The van der Waals surface area contributed by atoms with Gasteiger partial charge in [0, 0.05) is 44.4 Å². The fourth-order valence-electron chi connectivity index (χ4n) is 3.36. The van der Waals surface area contributed by atoms with Gasteiger partial charge in [-0.05, 0) is 31.6 Å². The number of nitrogens with zero attached hydrogens (tertiary/aromatic N) is 4. The fraction of sp³-hybridized carbons (Fsp3) is 0.429. The first-order chi connectivity index (χ1) is 14.3. The van der Waals surface area contributed by atoms with E-state index in [0.29, 0.717) is 18.2 Å². The van der Waals surface area contributed by atoms with Gasteiger partial charge in [-0.1, -0.05) is 43.1 Å². The van der Waals surface area contributed by atoms with E-state index in [0.717, 1.165) is 30.6 Å². The molecule has 0 aliphatic carbocycles. The van der Waals surface area contributed by atoms with E-state index in [9.17, 15) is 13.2 Å². The molecule has 0 N–H and O–H groups in total. The number of aryl methyl sites for hydroxylation is 2. The molecule has 162 valence electrons. The number of aromatic nitrogens is 2. The average molecular weight is 451 g/mol. The van der Waals surface area contributed by atoms with Crippen LogP contribution < -0.4 is 0 Å². The van der Waals surface area contributed by atoms with Crippen LogP contribution in [0.2, 0.25) is 5.15 Å². The molecule has 2 aromatic rings. The summed E-state index contributed by atoms with van der Waals surface area (Å²) >= 11 is 6.41. The summed E-state index contributed by atoms with van der Waals surface area (Å²) in [5.74, 6) is -0.163. The van der Waals surface area contributed by atoms with Crippen LogP contribution in [0.25, 0.3) is 6.08 Å². The number of carbonyl (C=O) groups is 1. The molecule has 9 heteroatoms. The van der Waals surface area contributed by atoms with Crippen LogP contribution >= 0.6 is 11.6 Å². The first kappa shape index (κ1) is 22.5. The van der Waals surface area contributed by atoms with Gasteiger partial charge in [-0.2, -0.15) is 9.40 Å². The first-order valence-corrected chi connectivity index (χ1v) is 11.9. The molecule has 0 unspecified atom stereocenters. The molecule has 0 atom stereocenters. The van der Waals surface area contributed by atoms with E-state index >= 15 is 0 Å². The first-order valence-electron chi connectivity index (χ1n) is 10.1. The Labute approximate surface area is 183 Å². The second-order valence-corrected chi connectivity index (χ2v) is 9.54. The van der Waals surface area contributed by atoms with E-state index in [2.05, 4.69) is 12.0 Å². The van der Waals surface area contributed by atoms with E-state index in [1.165, 1.54) is 10.4 Å². The highest BCUT2D eigenvalue weighted by atomic mass is 35.5. The largest absolute Gasteiger partial charge is 0.337 e. The number of rotatable bonds is 7. The van der Waals surface area contributed by atoms with Crippen LogP contribution in [0.4, 0.5) is 0 Å². The lowest BCUT2D eigenvalue weighted by atomic mass is 10.2. The third-order valence-electron chi connectivity index (χ3n) is 5.16. The molecule has 0 bridgehead atoms. The predicted octanol–water partition coefficient (Wildman–Crippen LogP) is 3.19. The minimum Gasteiger partial charge on any atom is -0.337 e. The molecule has 7 nitrogen and oxygen atoms in total. The van der Waals surface area contributed by atoms with Crippen molar-refractivity contribution in [2.75, 3.05) is 26.2 Å². The summed E-state index contributed by atoms with van der Waals surface area (Å²) in [5.41, 5.74) is 1.52. The van der Waals surface area contributed by atoms with Crippen LogP contribution in [0, 0.1) is 6.92 Å². The van der Waals surface area contributed by atoms with Crippen molar-refractivity contribution in [1.82, 2.24) is 19.0 Å². The third kappa shape index (κ3) is 4.94. The summed E-state index contributed by atoms with van der Waals surface area (Å²) in [5, 5.41) is 4.97. The Morgan fingerprint density at radius 1 is 1.17 bits per heavy atom. The lowest BCUT2D eigenvalue weighted by Gasteiger charge is -2.33. The van der Waals surface area contributed by atoms with Crippen LogP contribution in [0.3, 0.4) is 0 Å². The molecule has 1 fully saturated rings. The summed E-state index contributed by atoms with van der Waals surface area (Å²) in [6.45, 7) is 5.95. The molecular formula is C21H27ClN4O3S. The molecule has 0 saturated carbocycles. The number of carbonyl (C=O) groups excluding carboxylic acids is 1. The van der Waals surface area contributed by atoms with Crippen molar-refractivity contribution in [3.8, 4) is 0 Å². The number of unbranched alkanes of at least 4 members (excludes halogenated alkanes) is 1. The zero-order valence-corrected chi connectivity index (χ0v) is 18.9. The number of hydrogen-bond acceptors (Lipinski definition) is 4. The summed E-state index contributed by atoms with van der Waals surface area (Å²) in [4.78, 5) is 14.5. The van der Waals surface area contributed by atoms with E-state index in [-0.39, 0.29) is 23.9 Å². The van der Waals surface area contributed by atoms with Crippen LogP contribution in [0.5, 0.6) is 0 Å². The van der Waals surface area contributed by atoms with Crippen molar-refractivity contribution in [3.05, 3.63) is 52.8 Å². The Hall–Kier alpha value is -2.16. The number of benzene rings is 1. The SMILES string of the molecule is CCCCn1nc(C)c(/C=C/C(=O)N2CCN(S(=O)(=O)c3ccccc3)CC2)c1Cl. The molecule has 1 aliphatic rings. The van der Waals surface area contributed by atoms with Gasteiger partial charge < -0.3 is 4.90 Å². The zero-order valence-electron chi connectivity index (χ0n) is 17.3. The van der Waals surface area contributed by atoms with Crippen molar-refractivity contribution in [2.24, 2.45) is 0 Å². The molecule has 0 radical (unpaired) electrons. The Kier molecular flexibility index (Phi) is 7.33. The zero-order chi connectivity index (χ0) is 21.7. The van der Waals surface area contributed by atoms with Crippen LogP contribution in [0.1, 0.15) is 31.0 Å². The Morgan fingerprint density at radius 2 is 1.83 bits per heavy atom. The van der Waals surface area contributed by atoms with E-state index in [1.807, 2.05) is 6.92 Å². The van der Waals surface area contributed by atoms with E-state index in [4.69, 9.17) is 11.6 Å². The molecule has 1 aromatic carbocycles. The van der Waals surface area contributed by atoms with Gasteiger partial charge in [0.1, 0.15) is 5.15 Å². The lowest BCUT2D eigenvalue weighted by molar-refractivity contribution is -0.127. The highest BCUT2D eigenvalue weighted by molar-refractivity contribution is 7.89. The van der Waals surface area contributed by atoms with Crippen molar-refractivity contribution in [3.63, 3.8) is 0 Å². The second kappa shape index (κ2) is 9.76. The minimum absolute atomic E-state index is 0.163. The van der Waals surface area contributed by atoms with Gasteiger partial charge in [-0.15, -0.1) is 0 Å². The topological polar surface area (TPSA) is 75.5 Å². The summed E-state index contributed by atoms with van der Waals surface area (Å²) in [6.07, 6.45) is 5.22. The van der Waals surface area contributed by atoms with Crippen molar-refractivity contribution < 1.29 is 13.2 Å². The molecule has 3 rings (SSSR count). The molecule has 1 aromatic heterocycles. The van der Waals surface area contributed by atoms with Crippen LogP contribution in [-0.2, 0) is 21.4 Å². The predicted molar refractivity (Wildman–Crippen MR) is 118 cm³/mol. The van der Waals surface area contributed by atoms with E-state index < -0.39 is 10.0 Å². The normalized spacial score (nSPS) is 15.8. The Balaban J connectivity index is 1.62. The molecule has 1 amide bonds. The quantitative estimate of drug-likeness (QED) is 0.607. The molecule has 30 heavy (non-hydrogen) atoms. The van der Waals surface area contributed by atoms with Gasteiger partial charge in [-0.25, -0.2) is 8.42 Å². The van der Waals surface area contributed by atoms with Gasteiger partial charge in [-0.3, -0.25) is 9.48 Å². The summed E-state index contributed by atoms with van der Waals surface area (Å²) in [7, 11) is -3.53. The Morgan fingerprint density at radius 3 is 2.47 bits per heavy atom. The lowest BCUT2D eigenvalue weighted by Crippen LogP contribution is -2.50. The Bertz CT molecular complexity index is 1010. The fourth-order valence-corrected chi connectivity index (χ4v) is 5.13. The molecule has 0 spiro atoms. The number of halogens is 1. The standard InChI is InChI=1S/C21H27ClN4O3S/c1-3-4-12-26-21(22)19(17(2)23-26)10-11-20(27)24-13-15-25(16-14-24)30(28,29)18-8-6-5-7-9-18/h5-11H,3-4,12-16H2,1-2H3/b11-10+. The van der Waals surface area contributed by atoms with Gasteiger partial charge in [0.2, 0.25) is 15.9 Å². The number of hydrogen-bond donors (Lipinski definition) is 0. The molecule has 1 saturated heterocycles. The van der Waals surface area contributed by atoms with Gasteiger partial charge in [0.05, 0.1) is 10.6 Å². The van der Waals surface area contributed by atoms with Crippen molar-refractivity contribution >= 4 is 33.6 Å². The smallest absolute Gasteiger partial charge is 0.246 e.